The highest BCUT2D eigenvalue weighted by atomic mass is 79.9. The van der Waals surface area contributed by atoms with Crippen LogP contribution in [-0.2, 0) is 20.0 Å². The van der Waals surface area contributed by atoms with Gasteiger partial charge in [0.2, 0.25) is 0 Å². The van der Waals surface area contributed by atoms with Crippen molar-refractivity contribution in [1.29, 1.82) is 0 Å². The maximum Gasteiger partial charge on any atom is 0.256 e. The molecule has 5 nitrogen and oxygen atoms in total. The molecule has 0 radical (unpaired) electrons. The van der Waals surface area contributed by atoms with E-state index >= 15 is 0 Å². The zero-order chi connectivity index (χ0) is 15.9. The molecule has 0 aromatic carbocycles. The Labute approximate surface area is 138 Å². The van der Waals surface area contributed by atoms with Crippen molar-refractivity contribution in [2.75, 3.05) is 6.54 Å². The quantitative estimate of drug-likeness (QED) is 0.771. The molecule has 0 bridgehead atoms. The van der Waals surface area contributed by atoms with Crippen LogP contribution in [0, 0.1) is 0 Å². The van der Waals surface area contributed by atoms with Gasteiger partial charge in [-0.3, -0.25) is 4.79 Å². The molecule has 0 atom stereocenters. The van der Waals surface area contributed by atoms with Gasteiger partial charge in [-0.05, 0) is 28.1 Å². The smallest absolute Gasteiger partial charge is 0.256 e. The predicted octanol–water partition coefficient (Wildman–Crippen LogP) is 2.90. The van der Waals surface area contributed by atoms with Crippen molar-refractivity contribution < 1.29 is 4.79 Å². The number of pyridine rings is 1. The van der Waals surface area contributed by atoms with Gasteiger partial charge in [0.1, 0.15) is 10.4 Å². The fourth-order valence-electron chi connectivity index (χ4n) is 2.95. The summed E-state index contributed by atoms with van der Waals surface area (Å²) < 4.78 is 2.77. The van der Waals surface area contributed by atoms with Gasteiger partial charge in [-0.15, -0.1) is 0 Å². The van der Waals surface area contributed by atoms with Crippen LogP contribution in [0.3, 0.4) is 0 Å². The number of carbonyl (C=O) groups is 1. The summed E-state index contributed by atoms with van der Waals surface area (Å²) in [6.45, 7) is 5.56. The highest BCUT2D eigenvalue weighted by molar-refractivity contribution is 9.10. The van der Waals surface area contributed by atoms with Crippen molar-refractivity contribution in [1.82, 2.24) is 19.4 Å². The van der Waals surface area contributed by atoms with Crippen LogP contribution in [0.15, 0.2) is 22.9 Å². The van der Waals surface area contributed by atoms with E-state index in [9.17, 15) is 4.79 Å². The second kappa shape index (κ2) is 5.83. The van der Waals surface area contributed by atoms with E-state index in [4.69, 9.17) is 4.98 Å². The molecule has 1 aliphatic rings. The first kappa shape index (κ1) is 15.2. The molecule has 0 unspecified atom stereocenters. The molecule has 0 N–H and O–H groups in total. The number of amides is 1. The first-order valence-electron chi connectivity index (χ1n) is 7.43. The fraction of sp³-hybridized carbons (Fsp3) is 0.438. The third-order valence-corrected chi connectivity index (χ3v) is 4.72. The molecule has 22 heavy (non-hydrogen) atoms. The minimum atomic E-state index is 0.00220. The number of hydrogen-bond acceptors (Lipinski definition) is 3. The van der Waals surface area contributed by atoms with E-state index in [0.29, 0.717) is 29.2 Å². The summed E-state index contributed by atoms with van der Waals surface area (Å²) in [5.41, 5.74) is 2.87. The van der Waals surface area contributed by atoms with Gasteiger partial charge in [0.05, 0.1) is 17.8 Å². The zero-order valence-corrected chi connectivity index (χ0v) is 14.6. The van der Waals surface area contributed by atoms with Crippen molar-refractivity contribution in [3.05, 3.63) is 45.7 Å². The first-order chi connectivity index (χ1) is 10.5. The summed E-state index contributed by atoms with van der Waals surface area (Å²) in [7, 11) is 2.07. The molecule has 0 fully saturated rings. The standard InChI is InChI=1S/C16H19BrN4O/c1-10(2)15-19-12-9-21(8-6-13(12)20(15)3)16(22)11-5-4-7-18-14(11)17/h4-5,7,10H,6,8-9H2,1-3H3. The molecule has 0 aliphatic carbocycles. The SMILES string of the molecule is CC(C)c1nc2c(n1C)CCN(C(=O)c1cccnc1Br)C2. The lowest BCUT2D eigenvalue weighted by Crippen LogP contribution is -2.36. The maximum atomic E-state index is 12.7. The molecule has 2 aromatic rings. The van der Waals surface area contributed by atoms with Crippen LogP contribution in [0.4, 0.5) is 0 Å². The molecule has 6 heteroatoms. The summed E-state index contributed by atoms with van der Waals surface area (Å²) in [5.74, 6) is 1.47. The van der Waals surface area contributed by atoms with Crippen LogP contribution < -0.4 is 0 Å². The zero-order valence-electron chi connectivity index (χ0n) is 13.0. The third kappa shape index (κ3) is 2.56. The predicted molar refractivity (Wildman–Crippen MR) is 87.7 cm³/mol. The Bertz CT molecular complexity index is 723. The topological polar surface area (TPSA) is 51.0 Å². The van der Waals surface area contributed by atoms with Gasteiger partial charge in [-0.2, -0.15) is 0 Å². The summed E-state index contributed by atoms with van der Waals surface area (Å²) in [6, 6.07) is 3.58. The number of hydrogen-bond donors (Lipinski definition) is 0. The van der Waals surface area contributed by atoms with Crippen LogP contribution in [0.5, 0.6) is 0 Å². The van der Waals surface area contributed by atoms with Gasteiger partial charge >= 0.3 is 0 Å². The van der Waals surface area contributed by atoms with Crippen LogP contribution in [0.25, 0.3) is 0 Å². The van der Waals surface area contributed by atoms with Gasteiger partial charge in [0.25, 0.3) is 5.91 Å². The van der Waals surface area contributed by atoms with Crippen molar-refractivity contribution in [3.8, 4) is 0 Å². The Balaban J connectivity index is 1.87. The average molecular weight is 363 g/mol. The monoisotopic (exact) mass is 362 g/mol. The molecule has 2 aromatic heterocycles. The lowest BCUT2D eigenvalue weighted by atomic mass is 10.1. The lowest BCUT2D eigenvalue weighted by molar-refractivity contribution is 0.0729. The Kier molecular flexibility index (Phi) is 4.04. The van der Waals surface area contributed by atoms with Crippen molar-refractivity contribution >= 4 is 21.8 Å². The Hall–Kier alpha value is -1.69. The number of rotatable bonds is 2. The van der Waals surface area contributed by atoms with Crippen LogP contribution in [0.1, 0.15) is 47.3 Å². The van der Waals surface area contributed by atoms with E-state index in [1.807, 2.05) is 4.90 Å². The normalized spacial score (nSPS) is 14.3. The molecule has 0 saturated heterocycles. The molecule has 116 valence electrons. The first-order valence-corrected chi connectivity index (χ1v) is 8.22. The summed E-state index contributed by atoms with van der Waals surface area (Å²) in [5, 5.41) is 0. The number of carbonyl (C=O) groups excluding carboxylic acids is 1. The van der Waals surface area contributed by atoms with E-state index in [2.05, 4.69) is 46.4 Å². The average Bonchev–Trinajstić information content (AvgIpc) is 2.84. The number of imidazole rings is 1. The lowest BCUT2D eigenvalue weighted by Gasteiger charge is -2.27. The molecule has 3 heterocycles. The van der Waals surface area contributed by atoms with E-state index in [1.54, 1.807) is 18.3 Å². The molecule has 1 aliphatic heterocycles. The molecule has 1 amide bonds. The summed E-state index contributed by atoms with van der Waals surface area (Å²) >= 11 is 3.35. The van der Waals surface area contributed by atoms with Crippen molar-refractivity contribution in [2.24, 2.45) is 7.05 Å². The Morgan fingerprint density at radius 3 is 2.86 bits per heavy atom. The van der Waals surface area contributed by atoms with Gasteiger partial charge in [-0.1, -0.05) is 13.8 Å². The highest BCUT2D eigenvalue weighted by Gasteiger charge is 2.27. The van der Waals surface area contributed by atoms with E-state index < -0.39 is 0 Å². The van der Waals surface area contributed by atoms with Gasteiger partial charge in [-0.25, -0.2) is 9.97 Å². The molecular formula is C16H19BrN4O. The number of fused-ring (bicyclic) bond motifs is 1. The maximum absolute atomic E-state index is 12.7. The second-order valence-electron chi connectivity index (χ2n) is 5.90. The van der Waals surface area contributed by atoms with Crippen molar-refractivity contribution in [3.63, 3.8) is 0 Å². The molecule has 0 saturated carbocycles. The third-order valence-electron chi connectivity index (χ3n) is 4.08. The molecule has 3 rings (SSSR count). The number of aromatic nitrogens is 3. The Morgan fingerprint density at radius 1 is 1.41 bits per heavy atom. The highest BCUT2D eigenvalue weighted by Crippen LogP contribution is 2.25. The van der Waals surface area contributed by atoms with Crippen LogP contribution in [-0.4, -0.2) is 31.9 Å². The number of halogens is 1. The number of nitrogens with zero attached hydrogens (tertiary/aromatic N) is 4. The van der Waals surface area contributed by atoms with Gasteiger partial charge in [0.15, 0.2) is 0 Å². The van der Waals surface area contributed by atoms with E-state index in [1.165, 1.54) is 5.69 Å². The minimum Gasteiger partial charge on any atom is -0.334 e. The van der Waals surface area contributed by atoms with Crippen LogP contribution in [0.2, 0.25) is 0 Å². The second-order valence-corrected chi connectivity index (χ2v) is 6.65. The van der Waals surface area contributed by atoms with E-state index in [0.717, 1.165) is 17.9 Å². The van der Waals surface area contributed by atoms with Gasteiger partial charge in [0, 0.05) is 37.8 Å². The largest absolute Gasteiger partial charge is 0.334 e. The molecular weight excluding hydrogens is 344 g/mol. The minimum absolute atomic E-state index is 0.00220. The van der Waals surface area contributed by atoms with Gasteiger partial charge < -0.3 is 9.47 Å². The van der Waals surface area contributed by atoms with Crippen molar-refractivity contribution in [2.45, 2.75) is 32.7 Å². The Morgan fingerprint density at radius 2 is 2.18 bits per heavy atom. The summed E-state index contributed by atoms with van der Waals surface area (Å²) in [6.07, 6.45) is 2.51. The van der Waals surface area contributed by atoms with E-state index in [-0.39, 0.29) is 5.91 Å². The summed E-state index contributed by atoms with van der Waals surface area (Å²) in [4.78, 5) is 23.4. The van der Waals surface area contributed by atoms with Crippen LogP contribution >= 0.6 is 15.9 Å². The molecule has 0 spiro atoms. The fourth-order valence-corrected chi connectivity index (χ4v) is 3.37.